The van der Waals surface area contributed by atoms with E-state index in [0.29, 0.717) is 17.5 Å². The van der Waals surface area contributed by atoms with Crippen LogP contribution >= 0.6 is 0 Å². The van der Waals surface area contributed by atoms with E-state index in [9.17, 15) is 23.1 Å². The Morgan fingerprint density at radius 1 is 1.21 bits per heavy atom. The first-order valence-corrected chi connectivity index (χ1v) is 11.2. The minimum absolute atomic E-state index is 0.225. The van der Waals surface area contributed by atoms with Gasteiger partial charge in [-0.05, 0) is 30.9 Å². The lowest BCUT2D eigenvalue weighted by molar-refractivity contribution is 0.178. The highest BCUT2D eigenvalue weighted by Gasteiger charge is 2.31. The molecule has 0 fully saturated rings. The standard InChI is InChI=1S/C19H29N3O5S/c1-13(23)10-11-21-14-8-6-7-9-15(14)22(18(21)25)17(24)20-16(19(2,3)4)12-28(5,26)27/h6-9,13,16,23H,10-12H2,1-5H3,(H,20,24). The smallest absolute Gasteiger partial charge is 0.337 e. The van der Waals surface area contributed by atoms with Crippen molar-refractivity contribution in [2.75, 3.05) is 12.0 Å². The Labute approximate surface area is 165 Å². The Balaban J connectivity index is 2.47. The van der Waals surface area contributed by atoms with Crippen molar-refractivity contribution in [3.05, 3.63) is 34.7 Å². The van der Waals surface area contributed by atoms with Crippen molar-refractivity contribution in [3.63, 3.8) is 0 Å². The topological polar surface area (TPSA) is 110 Å². The molecule has 2 aromatic rings. The lowest BCUT2D eigenvalue weighted by Crippen LogP contribution is -2.50. The largest absolute Gasteiger partial charge is 0.393 e. The monoisotopic (exact) mass is 411 g/mol. The number of aliphatic hydroxyl groups is 1. The second-order valence-electron chi connectivity index (χ2n) is 8.36. The molecular weight excluding hydrogens is 382 g/mol. The number of aliphatic hydroxyl groups excluding tert-OH is 1. The number of para-hydroxylation sites is 2. The molecule has 2 N–H and O–H groups in total. The summed E-state index contributed by atoms with van der Waals surface area (Å²) in [5.41, 5.74) is -0.0276. The zero-order valence-corrected chi connectivity index (χ0v) is 17.8. The second kappa shape index (κ2) is 8.08. The van der Waals surface area contributed by atoms with Crippen molar-refractivity contribution in [1.82, 2.24) is 14.5 Å². The van der Waals surface area contributed by atoms with Gasteiger partial charge in [-0.3, -0.25) is 4.57 Å². The van der Waals surface area contributed by atoms with E-state index in [0.717, 1.165) is 10.8 Å². The molecule has 0 aliphatic carbocycles. The van der Waals surface area contributed by atoms with Crippen molar-refractivity contribution in [1.29, 1.82) is 0 Å². The van der Waals surface area contributed by atoms with Crippen LogP contribution in [0.2, 0.25) is 0 Å². The predicted octanol–water partition coefficient (Wildman–Crippen LogP) is 1.59. The van der Waals surface area contributed by atoms with E-state index in [-0.39, 0.29) is 12.3 Å². The van der Waals surface area contributed by atoms with Crippen LogP contribution in [0.5, 0.6) is 0 Å². The molecule has 0 aliphatic rings. The van der Waals surface area contributed by atoms with Crippen LogP contribution in [0.15, 0.2) is 29.1 Å². The summed E-state index contributed by atoms with van der Waals surface area (Å²) in [5, 5.41) is 12.3. The van der Waals surface area contributed by atoms with Gasteiger partial charge >= 0.3 is 11.7 Å². The molecule has 2 unspecified atom stereocenters. The fraction of sp³-hybridized carbons (Fsp3) is 0.579. The molecular formula is C19H29N3O5S. The number of fused-ring (bicyclic) bond motifs is 1. The van der Waals surface area contributed by atoms with Gasteiger partial charge in [-0.1, -0.05) is 32.9 Å². The highest BCUT2D eigenvalue weighted by molar-refractivity contribution is 7.90. The molecule has 28 heavy (non-hydrogen) atoms. The molecule has 0 aliphatic heterocycles. The van der Waals surface area contributed by atoms with Gasteiger partial charge < -0.3 is 10.4 Å². The van der Waals surface area contributed by atoms with E-state index in [2.05, 4.69) is 5.32 Å². The highest BCUT2D eigenvalue weighted by Crippen LogP contribution is 2.21. The first kappa shape index (κ1) is 22.2. The van der Waals surface area contributed by atoms with Gasteiger partial charge in [-0.15, -0.1) is 0 Å². The van der Waals surface area contributed by atoms with Gasteiger partial charge in [0.2, 0.25) is 0 Å². The molecule has 8 nitrogen and oxygen atoms in total. The maximum absolute atomic E-state index is 13.0. The normalized spacial score (nSPS) is 14.8. The predicted molar refractivity (Wildman–Crippen MR) is 109 cm³/mol. The molecule has 0 spiro atoms. The number of hydrogen-bond donors (Lipinski definition) is 2. The molecule has 1 heterocycles. The summed E-state index contributed by atoms with van der Waals surface area (Å²) in [5.74, 6) is -0.225. The van der Waals surface area contributed by atoms with Gasteiger partial charge in [0.25, 0.3) is 0 Å². The summed E-state index contributed by atoms with van der Waals surface area (Å²) in [6, 6.07) is 5.56. The summed E-state index contributed by atoms with van der Waals surface area (Å²) >= 11 is 0. The summed E-state index contributed by atoms with van der Waals surface area (Å²) in [6.07, 6.45) is 0.906. The fourth-order valence-corrected chi connectivity index (χ4v) is 4.15. The lowest BCUT2D eigenvalue weighted by Gasteiger charge is -2.30. The number of benzene rings is 1. The molecule has 156 valence electrons. The molecule has 9 heteroatoms. The summed E-state index contributed by atoms with van der Waals surface area (Å²) in [7, 11) is -3.33. The summed E-state index contributed by atoms with van der Waals surface area (Å²) in [6.45, 7) is 7.40. The Morgan fingerprint density at radius 3 is 2.29 bits per heavy atom. The number of carbonyl (C=O) groups excluding carboxylic acids is 1. The molecule has 0 radical (unpaired) electrons. The maximum atomic E-state index is 13.0. The number of aromatic nitrogens is 2. The maximum Gasteiger partial charge on any atom is 0.337 e. The number of amides is 1. The van der Waals surface area contributed by atoms with Crippen molar-refractivity contribution < 1.29 is 18.3 Å². The molecule has 2 rings (SSSR count). The van der Waals surface area contributed by atoms with Crippen LogP contribution < -0.4 is 11.0 Å². The number of aryl methyl sites for hydroxylation is 1. The van der Waals surface area contributed by atoms with Crippen LogP contribution in [0, 0.1) is 5.41 Å². The van der Waals surface area contributed by atoms with Gasteiger partial charge in [0, 0.05) is 18.8 Å². The number of hydrogen-bond acceptors (Lipinski definition) is 5. The van der Waals surface area contributed by atoms with E-state index in [4.69, 9.17) is 0 Å². The minimum Gasteiger partial charge on any atom is -0.393 e. The summed E-state index contributed by atoms with van der Waals surface area (Å²) < 4.78 is 26.1. The highest BCUT2D eigenvalue weighted by atomic mass is 32.2. The van der Waals surface area contributed by atoms with Gasteiger partial charge in [-0.2, -0.15) is 0 Å². The quantitative estimate of drug-likeness (QED) is 0.750. The third-order valence-electron chi connectivity index (χ3n) is 4.62. The molecule has 1 aromatic heterocycles. The fourth-order valence-electron chi connectivity index (χ4n) is 2.96. The lowest BCUT2D eigenvalue weighted by atomic mass is 9.88. The third-order valence-corrected chi connectivity index (χ3v) is 5.56. The second-order valence-corrected chi connectivity index (χ2v) is 10.5. The molecule has 0 bridgehead atoms. The number of imidazole rings is 1. The summed E-state index contributed by atoms with van der Waals surface area (Å²) in [4.78, 5) is 25.9. The number of carbonyl (C=O) groups is 1. The average Bonchev–Trinajstić information content (AvgIpc) is 2.81. The molecule has 1 amide bonds. The van der Waals surface area contributed by atoms with E-state index in [1.54, 1.807) is 31.2 Å². The van der Waals surface area contributed by atoms with Crippen LogP contribution in [0.25, 0.3) is 11.0 Å². The van der Waals surface area contributed by atoms with E-state index < -0.39 is 39.1 Å². The van der Waals surface area contributed by atoms with Crippen molar-refractivity contribution in [3.8, 4) is 0 Å². The molecule has 0 saturated carbocycles. The zero-order chi connectivity index (χ0) is 21.3. The number of sulfone groups is 1. The number of nitrogens with zero attached hydrogens (tertiary/aromatic N) is 2. The van der Waals surface area contributed by atoms with Crippen LogP contribution in [0.3, 0.4) is 0 Å². The van der Waals surface area contributed by atoms with Crippen molar-refractivity contribution in [2.24, 2.45) is 5.41 Å². The van der Waals surface area contributed by atoms with Crippen LogP contribution in [0.1, 0.15) is 34.1 Å². The average molecular weight is 412 g/mol. The molecule has 2 atom stereocenters. The first-order chi connectivity index (χ1) is 12.8. The Hall–Kier alpha value is -2.13. The van der Waals surface area contributed by atoms with Gasteiger partial charge in [-0.25, -0.2) is 22.6 Å². The third kappa shape index (κ3) is 5.23. The Morgan fingerprint density at radius 2 is 1.79 bits per heavy atom. The van der Waals surface area contributed by atoms with Gasteiger partial charge in [0.15, 0.2) is 0 Å². The van der Waals surface area contributed by atoms with E-state index >= 15 is 0 Å². The van der Waals surface area contributed by atoms with Crippen molar-refractivity contribution >= 4 is 26.9 Å². The van der Waals surface area contributed by atoms with Gasteiger partial charge in [0.05, 0.1) is 22.9 Å². The van der Waals surface area contributed by atoms with Gasteiger partial charge in [0.1, 0.15) is 9.84 Å². The number of nitrogens with one attached hydrogen (secondary N) is 1. The van der Waals surface area contributed by atoms with Crippen LogP contribution in [0.4, 0.5) is 4.79 Å². The zero-order valence-electron chi connectivity index (χ0n) is 17.0. The molecule has 0 saturated heterocycles. The van der Waals surface area contributed by atoms with Crippen LogP contribution in [-0.2, 0) is 16.4 Å². The van der Waals surface area contributed by atoms with Crippen molar-refractivity contribution in [2.45, 2.75) is 52.8 Å². The van der Waals surface area contributed by atoms with Crippen LogP contribution in [-0.4, -0.2) is 52.8 Å². The van der Waals surface area contributed by atoms with E-state index in [1.165, 1.54) is 4.57 Å². The number of rotatable bonds is 6. The molecule has 1 aromatic carbocycles. The van der Waals surface area contributed by atoms with E-state index in [1.807, 2.05) is 20.8 Å². The SMILES string of the molecule is CC(O)CCn1c(=O)n(C(=O)NC(CS(C)(=O)=O)C(C)(C)C)c2ccccc21. The minimum atomic E-state index is -3.33. The first-order valence-electron chi connectivity index (χ1n) is 9.18. The Bertz CT molecular complexity index is 1010. The Kier molecular flexibility index (Phi) is 6.40.